The lowest BCUT2D eigenvalue weighted by Crippen LogP contribution is -2.12. The van der Waals surface area contributed by atoms with Gasteiger partial charge in [0.15, 0.2) is 0 Å². The van der Waals surface area contributed by atoms with Crippen LogP contribution in [0.4, 0.5) is 0 Å². The standard InChI is InChI=1S/C7H12N4O/c1-7(2-3-7)11-5-6(4-8-12)9-10-11/h5,8,12H,2-4H2,1H3. The predicted molar refractivity (Wildman–Crippen MR) is 41.5 cm³/mol. The molecule has 0 radical (unpaired) electrons. The molecule has 1 fully saturated rings. The Morgan fingerprint density at radius 1 is 1.75 bits per heavy atom. The Hall–Kier alpha value is -0.940. The van der Waals surface area contributed by atoms with Gasteiger partial charge in [0.25, 0.3) is 0 Å². The van der Waals surface area contributed by atoms with Crippen molar-refractivity contribution in [2.45, 2.75) is 31.8 Å². The van der Waals surface area contributed by atoms with Crippen molar-refractivity contribution >= 4 is 0 Å². The smallest absolute Gasteiger partial charge is 0.0988 e. The SMILES string of the molecule is CC1(n2cc(CNO)nn2)CC1. The third kappa shape index (κ3) is 1.21. The van der Waals surface area contributed by atoms with Crippen LogP contribution in [0.1, 0.15) is 25.5 Å². The van der Waals surface area contributed by atoms with Crippen LogP contribution in [0.5, 0.6) is 0 Å². The Bertz CT molecular complexity index is 279. The van der Waals surface area contributed by atoms with Gasteiger partial charge in [-0.2, -0.15) is 5.48 Å². The van der Waals surface area contributed by atoms with Crippen molar-refractivity contribution in [3.63, 3.8) is 0 Å². The van der Waals surface area contributed by atoms with Crippen LogP contribution in [0, 0.1) is 0 Å². The lowest BCUT2D eigenvalue weighted by Gasteiger charge is -2.05. The Morgan fingerprint density at radius 2 is 2.50 bits per heavy atom. The summed E-state index contributed by atoms with van der Waals surface area (Å²) in [7, 11) is 0. The van der Waals surface area contributed by atoms with E-state index in [0.717, 1.165) is 5.69 Å². The summed E-state index contributed by atoms with van der Waals surface area (Å²) in [6.07, 6.45) is 4.21. The zero-order valence-electron chi connectivity index (χ0n) is 6.99. The van der Waals surface area contributed by atoms with E-state index >= 15 is 0 Å². The minimum absolute atomic E-state index is 0.195. The fourth-order valence-corrected chi connectivity index (χ4v) is 1.13. The van der Waals surface area contributed by atoms with Crippen LogP contribution < -0.4 is 5.48 Å². The van der Waals surface area contributed by atoms with Gasteiger partial charge in [0.05, 0.1) is 24.0 Å². The van der Waals surface area contributed by atoms with Gasteiger partial charge in [-0.3, -0.25) is 0 Å². The molecule has 0 spiro atoms. The molecule has 0 saturated heterocycles. The monoisotopic (exact) mass is 168 g/mol. The van der Waals surface area contributed by atoms with Gasteiger partial charge in [-0.1, -0.05) is 5.21 Å². The predicted octanol–water partition coefficient (Wildman–Crippen LogP) is 0.266. The third-order valence-electron chi connectivity index (χ3n) is 2.33. The highest BCUT2D eigenvalue weighted by Crippen LogP contribution is 2.41. The number of hydrogen-bond acceptors (Lipinski definition) is 4. The molecule has 1 saturated carbocycles. The van der Waals surface area contributed by atoms with Crippen molar-refractivity contribution in [2.24, 2.45) is 0 Å². The molecule has 1 aliphatic carbocycles. The molecule has 1 aliphatic rings. The summed E-state index contributed by atoms with van der Waals surface area (Å²) in [5.74, 6) is 0. The van der Waals surface area contributed by atoms with Crippen molar-refractivity contribution in [1.82, 2.24) is 20.5 Å². The van der Waals surface area contributed by atoms with Crippen molar-refractivity contribution in [3.8, 4) is 0 Å². The van der Waals surface area contributed by atoms with Crippen molar-refractivity contribution < 1.29 is 5.21 Å². The third-order valence-corrected chi connectivity index (χ3v) is 2.33. The molecule has 0 aromatic carbocycles. The fraction of sp³-hybridized carbons (Fsp3) is 0.714. The van der Waals surface area contributed by atoms with Crippen LogP contribution in [-0.2, 0) is 12.1 Å². The highest BCUT2D eigenvalue weighted by Gasteiger charge is 2.40. The van der Waals surface area contributed by atoms with E-state index in [1.165, 1.54) is 12.8 Å². The second-order valence-corrected chi connectivity index (χ2v) is 3.49. The Morgan fingerprint density at radius 3 is 3.08 bits per heavy atom. The molecule has 0 unspecified atom stereocenters. The summed E-state index contributed by atoms with van der Waals surface area (Å²) < 4.78 is 1.87. The van der Waals surface area contributed by atoms with Crippen LogP contribution in [0.15, 0.2) is 6.20 Å². The second kappa shape index (κ2) is 2.53. The van der Waals surface area contributed by atoms with E-state index in [2.05, 4.69) is 22.7 Å². The van der Waals surface area contributed by atoms with Crippen molar-refractivity contribution in [1.29, 1.82) is 0 Å². The topological polar surface area (TPSA) is 63.0 Å². The first-order chi connectivity index (χ1) is 5.74. The van der Waals surface area contributed by atoms with Gasteiger partial charge in [-0.25, -0.2) is 4.68 Å². The van der Waals surface area contributed by atoms with Crippen LogP contribution in [-0.4, -0.2) is 20.2 Å². The van der Waals surface area contributed by atoms with E-state index in [-0.39, 0.29) is 5.54 Å². The maximum atomic E-state index is 8.42. The zero-order valence-corrected chi connectivity index (χ0v) is 6.99. The molecule has 5 heteroatoms. The molecule has 0 amide bonds. The molecule has 0 aliphatic heterocycles. The molecule has 0 bridgehead atoms. The number of aromatic nitrogens is 3. The Labute approximate surface area is 70.3 Å². The molecular weight excluding hydrogens is 156 g/mol. The van der Waals surface area contributed by atoms with Crippen LogP contribution in [0.3, 0.4) is 0 Å². The maximum Gasteiger partial charge on any atom is 0.0988 e. The van der Waals surface area contributed by atoms with Gasteiger partial charge in [-0.05, 0) is 19.8 Å². The first-order valence-electron chi connectivity index (χ1n) is 4.03. The van der Waals surface area contributed by atoms with E-state index in [4.69, 9.17) is 5.21 Å². The van der Waals surface area contributed by atoms with E-state index in [0.29, 0.717) is 6.54 Å². The van der Waals surface area contributed by atoms with Gasteiger partial charge >= 0.3 is 0 Å². The Balaban J connectivity index is 2.13. The molecule has 1 heterocycles. The molecule has 1 aromatic rings. The molecule has 12 heavy (non-hydrogen) atoms. The largest absolute Gasteiger partial charge is 0.316 e. The lowest BCUT2D eigenvalue weighted by atomic mass is 10.3. The van der Waals surface area contributed by atoms with Gasteiger partial charge in [-0.15, -0.1) is 5.10 Å². The van der Waals surface area contributed by atoms with Crippen LogP contribution in [0.2, 0.25) is 0 Å². The number of hydroxylamine groups is 1. The van der Waals surface area contributed by atoms with Gasteiger partial charge in [0.1, 0.15) is 0 Å². The fourth-order valence-electron chi connectivity index (χ4n) is 1.13. The van der Waals surface area contributed by atoms with Crippen LogP contribution >= 0.6 is 0 Å². The first kappa shape index (κ1) is 7.70. The molecule has 0 atom stereocenters. The summed E-state index contributed by atoms with van der Waals surface area (Å²) in [6, 6.07) is 0. The van der Waals surface area contributed by atoms with E-state index in [9.17, 15) is 0 Å². The van der Waals surface area contributed by atoms with E-state index in [1.54, 1.807) is 0 Å². The van der Waals surface area contributed by atoms with E-state index < -0.39 is 0 Å². The van der Waals surface area contributed by atoms with Gasteiger partial charge in [0, 0.05) is 0 Å². The summed E-state index contributed by atoms with van der Waals surface area (Å²) in [4.78, 5) is 0. The number of hydrogen-bond donors (Lipinski definition) is 2. The molecule has 2 rings (SSSR count). The maximum absolute atomic E-state index is 8.42. The van der Waals surface area contributed by atoms with Gasteiger partial charge < -0.3 is 5.21 Å². The van der Waals surface area contributed by atoms with Crippen molar-refractivity contribution in [3.05, 3.63) is 11.9 Å². The van der Waals surface area contributed by atoms with Crippen LogP contribution in [0.25, 0.3) is 0 Å². The normalized spacial score (nSPS) is 19.5. The highest BCUT2D eigenvalue weighted by atomic mass is 16.5. The summed E-state index contributed by atoms with van der Waals surface area (Å²) in [5, 5.41) is 16.3. The molecule has 5 nitrogen and oxygen atoms in total. The number of nitrogens with one attached hydrogen (secondary N) is 1. The highest BCUT2D eigenvalue weighted by molar-refractivity contribution is 5.00. The first-order valence-corrected chi connectivity index (χ1v) is 4.03. The molecule has 2 N–H and O–H groups in total. The average Bonchev–Trinajstić information content (AvgIpc) is 2.64. The molecule has 66 valence electrons. The summed E-state index contributed by atoms with van der Waals surface area (Å²) in [5.41, 5.74) is 3.02. The Kier molecular flexibility index (Phi) is 1.62. The average molecular weight is 168 g/mol. The van der Waals surface area contributed by atoms with E-state index in [1.807, 2.05) is 10.9 Å². The lowest BCUT2D eigenvalue weighted by molar-refractivity contribution is 0.160. The summed E-state index contributed by atoms with van der Waals surface area (Å²) >= 11 is 0. The zero-order chi connectivity index (χ0) is 8.60. The minimum Gasteiger partial charge on any atom is -0.316 e. The summed E-state index contributed by atoms with van der Waals surface area (Å²) in [6.45, 7) is 2.51. The molecular formula is C7H12N4O. The number of rotatable bonds is 3. The van der Waals surface area contributed by atoms with Gasteiger partial charge in [0.2, 0.25) is 0 Å². The van der Waals surface area contributed by atoms with Crippen molar-refractivity contribution in [2.75, 3.05) is 0 Å². The number of nitrogens with zero attached hydrogens (tertiary/aromatic N) is 3. The molecule has 1 aromatic heterocycles. The second-order valence-electron chi connectivity index (χ2n) is 3.49. The quantitative estimate of drug-likeness (QED) is 0.636. The minimum atomic E-state index is 0.195.